The molecule has 0 radical (unpaired) electrons. The maximum atomic E-state index is 13.7. The number of amides is 1. The van der Waals surface area contributed by atoms with Crippen LogP contribution in [0.5, 0.6) is 11.5 Å². The number of carbonyl (C=O) groups is 1. The van der Waals surface area contributed by atoms with Crippen molar-refractivity contribution >= 4 is 21.6 Å². The molecule has 0 atom stereocenters. The third-order valence-corrected chi connectivity index (χ3v) is 8.48. The highest BCUT2D eigenvalue weighted by molar-refractivity contribution is 7.92. The SMILES string of the molecule is O=C(CN(c1ccc(Oc2ccccc2)cc1)S(=O)(=O)c1ccccc1)N1CCN(Cc2ccccc2)CC1. The molecular weight excluding hydrogens is 510 g/mol. The van der Waals surface area contributed by atoms with Gasteiger partial charge in [0.25, 0.3) is 10.0 Å². The van der Waals surface area contributed by atoms with Gasteiger partial charge in [-0.1, -0.05) is 66.7 Å². The number of sulfonamides is 1. The topological polar surface area (TPSA) is 70.2 Å². The van der Waals surface area contributed by atoms with Crippen LogP contribution in [0.15, 0.2) is 120 Å². The first-order valence-corrected chi connectivity index (χ1v) is 14.4. The lowest BCUT2D eigenvalue weighted by Gasteiger charge is -2.36. The molecule has 0 aromatic heterocycles. The van der Waals surface area contributed by atoms with E-state index in [2.05, 4.69) is 17.0 Å². The molecule has 5 rings (SSSR count). The Morgan fingerprint density at radius 2 is 1.23 bits per heavy atom. The lowest BCUT2D eigenvalue weighted by atomic mass is 10.2. The van der Waals surface area contributed by atoms with Crippen molar-refractivity contribution in [3.8, 4) is 11.5 Å². The van der Waals surface area contributed by atoms with E-state index in [0.29, 0.717) is 30.3 Å². The number of rotatable bonds is 9. The number of anilines is 1. The van der Waals surface area contributed by atoms with Gasteiger partial charge in [-0.2, -0.15) is 0 Å². The van der Waals surface area contributed by atoms with Crippen LogP contribution in [0.3, 0.4) is 0 Å². The van der Waals surface area contributed by atoms with E-state index in [9.17, 15) is 13.2 Å². The number of nitrogens with zero attached hydrogens (tertiary/aromatic N) is 3. The Labute approximate surface area is 229 Å². The summed E-state index contributed by atoms with van der Waals surface area (Å²) in [6, 6.07) is 34.6. The summed E-state index contributed by atoms with van der Waals surface area (Å²) in [5.74, 6) is 1.03. The van der Waals surface area contributed by atoms with Crippen molar-refractivity contribution in [2.24, 2.45) is 0 Å². The van der Waals surface area contributed by atoms with Crippen molar-refractivity contribution in [3.05, 3.63) is 121 Å². The van der Waals surface area contributed by atoms with Crippen LogP contribution in [-0.4, -0.2) is 56.8 Å². The molecule has 8 heteroatoms. The number of ether oxygens (including phenoxy) is 1. The second-order valence-corrected chi connectivity index (χ2v) is 11.2. The van der Waals surface area contributed by atoms with Gasteiger partial charge >= 0.3 is 0 Å². The predicted octanol–water partition coefficient (Wildman–Crippen LogP) is 5.02. The van der Waals surface area contributed by atoms with Gasteiger partial charge in [-0.05, 0) is 54.1 Å². The van der Waals surface area contributed by atoms with E-state index in [1.54, 1.807) is 59.5 Å². The molecule has 200 valence electrons. The van der Waals surface area contributed by atoms with Crippen LogP contribution in [-0.2, 0) is 21.4 Å². The normalized spacial score (nSPS) is 14.1. The lowest BCUT2D eigenvalue weighted by Crippen LogP contribution is -2.51. The maximum Gasteiger partial charge on any atom is 0.264 e. The molecule has 0 spiro atoms. The summed E-state index contributed by atoms with van der Waals surface area (Å²) in [7, 11) is -3.98. The smallest absolute Gasteiger partial charge is 0.264 e. The Morgan fingerprint density at radius 1 is 0.692 bits per heavy atom. The zero-order valence-electron chi connectivity index (χ0n) is 21.6. The molecule has 1 aliphatic rings. The van der Waals surface area contributed by atoms with E-state index >= 15 is 0 Å². The highest BCUT2D eigenvalue weighted by Crippen LogP contribution is 2.28. The molecule has 0 saturated carbocycles. The molecule has 4 aromatic rings. The summed E-state index contributed by atoms with van der Waals surface area (Å²) >= 11 is 0. The average Bonchev–Trinajstić information content (AvgIpc) is 2.98. The van der Waals surface area contributed by atoms with E-state index < -0.39 is 10.0 Å². The number of para-hydroxylation sites is 1. The minimum absolute atomic E-state index is 0.134. The zero-order valence-corrected chi connectivity index (χ0v) is 22.4. The van der Waals surface area contributed by atoms with E-state index in [1.807, 2.05) is 48.5 Å². The quantitative estimate of drug-likeness (QED) is 0.298. The Morgan fingerprint density at radius 3 is 1.85 bits per heavy atom. The molecule has 1 heterocycles. The number of benzene rings is 4. The third-order valence-electron chi connectivity index (χ3n) is 6.69. The van der Waals surface area contributed by atoms with Crippen molar-refractivity contribution in [2.75, 3.05) is 37.0 Å². The van der Waals surface area contributed by atoms with E-state index in [4.69, 9.17) is 4.74 Å². The largest absolute Gasteiger partial charge is 0.457 e. The third kappa shape index (κ3) is 6.66. The fourth-order valence-corrected chi connectivity index (χ4v) is 5.99. The molecule has 0 unspecified atom stereocenters. The van der Waals surface area contributed by atoms with Gasteiger partial charge in [0.15, 0.2) is 0 Å². The van der Waals surface area contributed by atoms with Gasteiger partial charge < -0.3 is 9.64 Å². The average molecular weight is 542 g/mol. The Bertz CT molecular complexity index is 1460. The molecule has 1 saturated heterocycles. The van der Waals surface area contributed by atoms with Crippen molar-refractivity contribution in [2.45, 2.75) is 11.4 Å². The van der Waals surface area contributed by atoms with Crippen LogP contribution in [0.1, 0.15) is 5.56 Å². The number of hydrogen-bond donors (Lipinski definition) is 0. The predicted molar refractivity (Wildman–Crippen MR) is 152 cm³/mol. The molecule has 0 bridgehead atoms. The zero-order chi connectivity index (χ0) is 27.1. The molecular formula is C31H31N3O4S. The van der Waals surface area contributed by atoms with Gasteiger partial charge in [-0.25, -0.2) is 8.42 Å². The highest BCUT2D eigenvalue weighted by atomic mass is 32.2. The molecule has 1 aliphatic heterocycles. The summed E-state index contributed by atoms with van der Waals surface area (Å²) in [5.41, 5.74) is 1.63. The van der Waals surface area contributed by atoms with Crippen LogP contribution >= 0.6 is 0 Å². The van der Waals surface area contributed by atoms with Gasteiger partial charge in [0.05, 0.1) is 10.6 Å². The van der Waals surface area contributed by atoms with Gasteiger partial charge in [0.1, 0.15) is 18.0 Å². The molecule has 1 fully saturated rings. The van der Waals surface area contributed by atoms with Gasteiger partial charge in [-0.3, -0.25) is 14.0 Å². The molecule has 39 heavy (non-hydrogen) atoms. The molecule has 7 nitrogen and oxygen atoms in total. The van der Waals surface area contributed by atoms with Crippen molar-refractivity contribution in [1.82, 2.24) is 9.80 Å². The van der Waals surface area contributed by atoms with Crippen LogP contribution in [0.4, 0.5) is 5.69 Å². The van der Waals surface area contributed by atoms with Crippen molar-refractivity contribution in [3.63, 3.8) is 0 Å². The van der Waals surface area contributed by atoms with Crippen LogP contribution in [0, 0.1) is 0 Å². The second-order valence-electron chi connectivity index (χ2n) is 9.38. The standard InChI is InChI=1S/C31H31N3O4S/c35-31(33-22-20-32(21-23-33)24-26-10-4-1-5-11-26)25-34(39(36,37)30-14-8-3-9-15-30)27-16-18-29(19-17-27)38-28-12-6-2-7-13-28/h1-19H,20-25H2. The molecule has 1 amide bonds. The first-order chi connectivity index (χ1) is 19.0. The van der Waals surface area contributed by atoms with Gasteiger partial charge in [0, 0.05) is 32.7 Å². The van der Waals surface area contributed by atoms with E-state index in [1.165, 1.54) is 9.87 Å². The van der Waals surface area contributed by atoms with Crippen molar-refractivity contribution in [1.29, 1.82) is 0 Å². The van der Waals surface area contributed by atoms with Gasteiger partial charge in [0.2, 0.25) is 5.91 Å². The maximum absolute atomic E-state index is 13.7. The Hall–Kier alpha value is -4.14. The number of carbonyl (C=O) groups excluding carboxylic acids is 1. The summed E-state index contributed by atoms with van der Waals surface area (Å²) < 4.78 is 34.4. The first-order valence-electron chi connectivity index (χ1n) is 12.9. The lowest BCUT2D eigenvalue weighted by molar-refractivity contribution is -0.131. The fourth-order valence-electron chi connectivity index (χ4n) is 4.56. The summed E-state index contributed by atoms with van der Waals surface area (Å²) in [5, 5.41) is 0. The van der Waals surface area contributed by atoms with Crippen LogP contribution in [0.25, 0.3) is 0 Å². The Balaban J connectivity index is 1.31. The number of hydrogen-bond acceptors (Lipinski definition) is 5. The molecule has 0 aliphatic carbocycles. The van der Waals surface area contributed by atoms with Crippen molar-refractivity contribution < 1.29 is 17.9 Å². The minimum atomic E-state index is -3.98. The van der Waals surface area contributed by atoms with Gasteiger partial charge in [-0.15, -0.1) is 0 Å². The highest BCUT2D eigenvalue weighted by Gasteiger charge is 2.30. The molecule has 0 N–H and O–H groups in total. The monoisotopic (exact) mass is 541 g/mol. The summed E-state index contributed by atoms with van der Waals surface area (Å²) in [6.45, 7) is 3.11. The van der Waals surface area contributed by atoms with Crippen LogP contribution in [0.2, 0.25) is 0 Å². The molecule has 4 aromatic carbocycles. The van der Waals surface area contributed by atoms with Crippen LogP contribution < -0.4 is 9.04 Å². The first kappa shape index (κ1) is 26.5. The summed E-state index contributed by atoms with van der Waals surface area (Å²) in [6.07, 6.45) is 0. The number of piperazine rings is 1. The Kier molecular flexibility index (Phi) is 8.24. The van der Waals surface area contributed by atoms with E-state index in [0.717, 1.165) is 19.6 Å². The summed E-state index contributed by atoms with van der Waals surface area (Å²) in [4.78, 5) is 17.6. The minimum Gasteiger partial charge on any atom is -0.457 e. The fraction of sp³-hybridized carbons (Fsp3) is 0.194. The second kappa shape index (κ2) is 12.1. The van der Waals surface area contributed by atoms with E-state index in [-0.39, 0.29) is 17.3 Å².